The third kappa shape index (κ3) is 4.44. The average molecular weight is 203 g/mol. The highest BCUT2D eigenvalue weighted by Gasteiger charge is 1.90. The monoisotopic (exact) mass is 203 g/mol. The third-order valence-electron chi connectivity index (χ3n) is 1.87. The van der Waals surface area contributed by atoms with Crippen LogP contribution in [-0.4, -0.2) is 25.0 Å². The van der Waals surface area contributed by atoms with Crippen LogP contribution in [0.4, 0.5) is 4.39 Å². The van der Waals surface area contributed by atoms with Crippen LogP contribution in [0.1, 0.15) is 5.56 Å². The number of rotatable bonds is 3. The van der Waals surface area contributed by atoms with Crippen molar-refractivity contribution in [3.8, 4) is 11.8 Å². The molecule has 2 heteroatoms. The Morgan fingerprint density at radius 1 is 1.40 bits per heavy atom. The maximum atomic E-state index is 12.6. The predicted molar refractivity (Wildman–Crippen MR) is 61.0 cm³/mol. The Morgan fingerprint density at radius 3 is 2.67 bits per heavy atom. The van der Waals surface area contributed by atoms with Gasteiger partial charge in [0.05, 0.1) is 6.54 Å². The van der Waals surface area contributed by atoms with E-state index < -0.39 is 0 Å². The molecule has 0 saturated heterocycles. The highest BCUT2D eigenvalue weighted by molar-refractivity contribution is 5.34. The van der Waals surface area contributed by atoms with Gasteiger partial charge in [0.2, 0.25) is 0 Å². The molecule has 0 amide bonds. The van der Waals surface area contributed by atoms with Crippen molar-refractivity contribution in [3.05, 3.63) is 48.3 Å². The number of halogens is 1. The van der Waals surface area contributed by atoms with Crippen molar-refractivity contribution in [1.82, 2.24) is 4.90 Å². The van der Waals surface area contributed by atoms with Crippen molar-refractivity contribution in [3.63, 3.8) is 0 Å². The van der Waals surface area contributed by atoms with Gasteiger partial charge in [-0.1, -0.05) is 17.9 Å². The lowest BCUT2D eigenvalue weighted by Crippen LogP contribution is -2.17. The fourth-order valence-electron chi connectivity index (χ4n) is 1.09. The van der Waals surface area contributed by atoms with E-state index >= 15 is 0 Å². The summed E-state index contributed by atoms with van der Waals surface area (Å²) in [6.45, 7) is 5.15. The molecule has 1 aromatic carbocycles. The van der Waals surface area contributed by atoms with Crippen LogP contribution < -0.4 is 0 Å². The highest BCUT2D eigenvalue weighted by atomic mass is 19.1. The zero-order valence-electron chi connectivity index (χ0n) is 8.83. The molecule has 0 fully saturated rings. The lowest BCUT2D eigenvalue weighted by atomic mass is 10.2. The minimum atomic E-state index is -0.232. The van der Waals surface area contributed by atoms with Gasteiger partial charge in [-0.15, -0.1) is 6.58 Å². The molecule has 0 aliphatic heterocycles. The van der Waals surface area contributed by atoms with Gasteiger partial charge in [-0.25, -0.2) is 4.39 Å². The topological polar surface area (TPSA) is 3.24 Å². The second-order valence-corrected chi connectivity index (χ2v) is 3.29. The van der Waals surface area contributed by atoms with Gasteiger partial charge in [0.15, 0.2) is 0 Å². The second-order valence-electron chi connectivity index (χ2n) is 3.29. The standard InChI is InChI=1S/C13H14FN/c1-3-10-15(2)11-4-5-12-6-8-13(14)9-7-12/h3,6-9H,1,10-11H2,2H3. The molecule has 0 spiro atoms. The first-order valence-corrected chi connectivity index (χ1v) is 4.76. The third-order valence-corrected chi connectivity index (χ3v) is 1.87. The van der Waals surface area contributed by atoms with Crippen molar-refractivity contribution in [2.75, 3.05) is 20.1 Å². The zero-order valence-corrected chi connectivity index (χ0v) is 8.83. The first-order valence-electron chi connectivity index (χ1n) is 4.76. The summed E-state index contributed by atoms with van der Waals surface area (Å²) < 4.78 is 12.6. The SMILES string of the molecule is C=CCN(C)CC#Cc1ccc(F)cc1. The van der Waals surface area contributed by atoms with Crippen LogP contribution in [0.5, 0.6) is 0 Å². The van der Waals surface area contributed by atoms with E-state index in [1.165, 1.54) is 12.1 Å². The summed E-state index contributed by atoms with van der Waals surface area (Å²) in [5, 5.41) is 0. The maximum absolute atomic E-state index is 12.6. The van der Waals surface area contributed by atoms with Crippen LogP contribution in [0, 0.1) is 17.7 Å². The Labute approximate surface area is 90.2 Å². The van der Waals surface area contributed by atoms with Gasteiger partial charge >= 0.3 is 0 Å². The quantitative estimate of drug-likeness (QED) is 0.538. The molecule has 0 unspecified atom stereocenters. The van der Waals surface area contributed by atoms with E-state index in [-0.39, 0.29) is 5.82 Å². The summed E-state index contributed by atoms with van der Waals surface area (Å²) in [6, 6.07) is 6.18. The highest BCUT2D eigenvalue weighted by Crippen LogP contribution is 2.00. The van der Waals surface area contributed by atoms with Gasteiger partial charge in [-0.05, 0) is 31.3 Å². The van der Waals surface area contributed by atoms with E-state index in [4.69, 9.17) is 0 Å². The molecule has 1 nitrogen and oxygen atoms in total. The largest absolute Gasteiger partial charge is 0.292 e. The number of likely N-dealkylation sites (N-methyl/N-ethyl adjacent to an activating group) is 1. The van der Waals surface area contributed by atoms with Gasteiger partial charge < -0.3 is 0 Å². The average Bonchev–Trinajstić information content (AvgIpc) is 2.21. The molecule has 0 saturated carbocycles. The van der Waals surface area contributed by atoms with Crippen molar-refractivity contribution in [2.24, 2.45) is 0 Å². The summed E-state index contributed by atoms with van der Waals surface area (Å²) in [5.41, 5.74) is 0.836. The molecule has 0 aromatic heterocycles. The van der Waals surface area contributed by atoms with E-state index in [0.29, 0.717) is 6.54 Å². The van der Waals surface area contributed by atoms with Crippen LogP contribution >= 0.6 is 0 Å². The zero-order chi connectivity index (χ0) is 11.1. The smallest absolute Gasteiger partial charge is 0.123 e. The first kappa shape index (κ1) is 11.5. The van der Waals surface area contributed by atoms with Gasteiger partial charge in [0.1, 0.15) is 5.82 Å². The number of hydrogen-bond donors (Lipinski definition) is 0. The minimum Gasteiger partial charge on any atom is -0.292 e. The molecular weight excluding hydrogens is 189 g/mol. The second kappa shape index (κ2) is 6.00. The number of nitrogens with zero attached hydrogens (tertiary/aromatic N) is 1. The maximum Gasteiger partial charge on any atom is 0.123 e. The van der Waals surface area contributed by atoms with Gasteiger partial charge in [-0.2, -0.15) is 0 Å². The molecule has 0 heterocycles. The Hall–Kier alpha value is -1.59. The van der Waals surface area contributed by atoms with Crippen LogP contribution in [0.2, 0.25) is 0 Å². The lowest BCUT2D eigenvalue weighted by Gasteiger charge is -2.08. The van der Waals surface area contributed by atoms with Crippen molar-refractivity contribution in [2.45, 2.75) is 0 Å². The molecule has 0 N–H and O–H groups in total. The predicted octanol–water partition coefficient (Wildman–Crippen LogP) is 2.30. The molecule has 0 bridgehead atoms. The Balaban J connectivity index is 2.51. The Bertz CT molecular complexity index is 370. The summed E-state index contributed by atoms with van der Waals surface area (Å²) in [6.07, 6.45) is 1.83. The number of benzene rings is 1. The molecule has 78 valence electrons. The molecular formula is C13H14FN. The first-order chi connectivity index (χ1) is 7.22. The van der Waals surface area contributed by atoms with Gasteiger partial charge in [0.25, 0.3) is 0 Å². The van der Waals surface area contributed by atoms with Crippen LogP contribution in [0.15, 0.2) is 36.9 Å². The van der Waals surface area contributed by atoms with Crippen LogP contribution in [0.3, 0.4) is 0 Å². The van der Waals surface area contributed by atoms with Crippen molar-refractivity contribution >= 4 is 0 Å². The molecule has 15 heavy (non-hydrogen) atoms. The molecule has 1 rings (SSSR count). The summed E-state index contributed by atoms with van der Waals surface area (Å²) in [5.74, 6) is 5.75. The van der Waals surface area contributed by atoms with Crippen LogP contribution in [-0.2, 0) is 0 Å². The van der Waals surface area contributed by atoms with Gasteiger partial charge in [-0.3, -0.25) is 4.90 Å². The van der Waals surface area contributed by atoms with Crippen molar-refractivity contribution < 1.29 is 4.39 Å². The molecule has 0 atom stereocenters. The molecule has 0 aliphatic rings. The van der Waals surface area contributed by atoms with E-state index in [0.717, 1.165) is 12.1 Å². The lowest BCUT2D eigenvalue weighted by molar-refractivity contribution is 0.419. The summed E-state index contributed by atoms with van der Waals surface area (Å²) >= 11 is 0. The van der Waals surface area contributed by atoms with E-state index in [9.17, 15) is 4.39 Å². The van der Waals surface area contributed by atoms with E-state index in [2.05, 4.69) is 18.4 Å². The summed E-state index contributed by atoms with van der Waals surface area (Å²) in [7, 11) is 1.97. The Kier molecular flexibility index (Phi) is 4.59. The fourth-order valence-corrected chi connectivity index (χ4v) is 1.09. The van der Waals surface area contributed by atoms with E-state index in [1.54, 1.807) is 12.1 Å². The molecule has 0 radical (unpaired) electrons. The fraction of sp³-hybridized carbons (Fsp3) is 0.231. The molecule has 1 aromatic rings. The van der Waals surface area contributed by atoms with E-state index in [1.807, 2.05) is 18.0 Å². The minimum absolute atomic E-state index is 0.232. The summed E-state index contributed by atoms with van der Waals surface area (Å²) in [4.78, 5) is 2.05. The molecule has 0 aliphatic carbocycles. The van der Waals surface area contributed by atoms with Crippen LogP contribution in [0.25, 0.3) is 0 Å². The van der Waals surface area contributed by atoms with Gasteiger partial charge in [0, 0.05) is 12.1 Å². The normalized spacial score (nSPS) is 9.53. The Morgan fingerprint density at radius 2 is 2.07 bits per heavy atom. The van der Waals surface area contributed by atoms with Crippen molar-refractivity contribution in [1.29, 1.82) is 0 Å². The number of hydrogen-bond acceptors (Lipinski definition) is 1.